The zero-order chi connectivity index (χ0) is 15.7. The van der Waals surface area contributed by atoms with Crippen molar-refractivity contribution < 1.29 is 5.11 Å². The van der Waals surface area contributed by atoms with Crippen LogP contribution in [0.25, 0.3) is 5.57 Å². The van der Waals surface area contributed by atoms with Crippen LogP contribution in [-0.2, 0) is 6.42 Å². The predicted molar refractivity (Wildman–Crippen MR) is 92.6 cm³/mol. The summed E-state index contributed by atoms with van der Waals surface area (Å²) in [6, 6.07) is 5.76. The van der Waals surface area contributed by atoms with Gasteiger partial charge < -0.3 is 5.11 Å². The molecule has 0 saturated heterocycles. The number of rotatable bonds is 9. The Kier molecular flexibility index (Phi) is 7.55. The van der Waals surface area contributed by atoms with Crippen LogP contribution in [0.3, 0.4) is 0 Å². The summed E-state index contributed by atoms with van der Waals surface area (Å²) in [6.07, 6.45) is 7.76. The van der Waals surface area contributed by atoms with Gasteiger partial charge in [0.2, 0.25) is 0 Å². The topological polar surface area (TPSA) is 23.5 Å². The van der Waals surface area contributed by atoms with E-state index in [2.05, 4.69) is 37.1 Å². The molecule has 1 N–H and O–H groups in total. The fourth-order valence-electron chi connectivity index (χ4n) is 2.57. The maximum Gasteiger partial charge on any atom is 0.123 e. The van der Waals surface area contributed by atoms with E-state index in [1.165, 1.54) is 11.1 Å². The number of hydrogen-bond acceptors (Lipinski definition) is 2. The molecule has 114 valence electrons. The number of hydrogen-bond donors (Lipinski definition) is 1. The number of phenolic OH excluding ortho intramolecular Hbond substituents is 1. The fourth-order valence-corrected chi connectivity index (χ4v) is 2.57. The quantitative estimate of drug-likeness (QED) is 0.679. The molecule has 0 heterocycles. The SMILES string of the molecule is C=CCN(CC=C)CC/C(=C/C)c1c(O)cccc1CC. The van der Waals surface area contributed by atoms with Crippen LogP contribution in [0.5, 0.6) is 5.75 Å². The summed E-state index contributed by atoms with van der Waals surface area (Å²) in [5, 5.41) is 10.2. The molecule has 2 nitrogen and oxygen atoms in total. The lowest BCUT2D eigenvalue weighted by Crippen LogP contribution is -2.25. The van der Waals surface area contributed by atoms with Crippen molar-refractivity contribution in [2.75, 3.05) is 19.6 Å². The maximum absolute atomic E-state index is 10.2. The van der Waals surface area contributed by atoms with E-state index >= 15 is 0 Å². The Hall–Kier alpha value is -1.80. The predicted octanol–water partition coefficient (Wildman–Crippen LogP) is 4.42. The smallest absolute Gasteiger partial charge is 0.123 e. The average Bonchev–Trinajstić information content (AvgIpc) is 2.49. The van der Waals surface area contributed by atoms with Crippen LogP contribution in [0.2, 0.25) is 0 Å². The van der Waals surface area contributed by atoms with E-state index in [0.29, 0.717) is 5.75 Å². The van der Waals surface area contributed by atoms with Crippen LogP contribution >= 0.6 is 0 Å². The van der Waals surface area contributed by atoms with Gasteiger partial charge >= 0.3 is 0 Å². The molecule has 1 aromatic carbocycles. The summed E-state index contributed by atoms with van der Waals surface area (Å²) in [4.78, 5) is 2.29. The van der Waals surface area contributed by atoms with E-state index in [-0.39, 0.29) is 0 Å². The monoisotopic (exact) mass is 285 g/mol. The van der Waals surface area contributed by atoms with Gasteiger partial charge in [-0.2, -0.15) is 0 Å². The Labute approximate surface area is 129 Å². The molecule has 0 fully saturated rings. The molecule has 0 aromatic heterocycles. The summed E-state index contributed by atoms with van der Waals surface area (Å²) < 4.78 is 0. The normalized spacial score (nSPS) is 11.7. The standard InChI is InChI=1S/C19H27NO/c1-5-13-20(14-6-2)15-12-17(8-4)19-16(7-3)10-9-11-18(19)21/h5-6,8-11,21H,1-2,7,12-15H2,3-4H3/b17-8-. The van der Waals surface area contributed by atoms with E-state index in [1.807, 2.05) is 25.1 Å². The molecule has 0 aliphatic rings. The second kappa shape index (κ2) is 9.19. The number of allylic oxidation sites excluding steroid dienone is 1. The van der Waals surface area contributed by atoms with E-state index in [0.717, 1.165) is 38.0 Å². The molecule has 0 saturated carbocycles. The molecule has 0 atom stereocenters. The molecule has 0 unspecified atom stereocenters. The molecular weight excluding hydrogens is 258 g/mol. The van der Waals surface area contributed by atoms with E-state index in [1.54, 1.807) is 6.07 Å². The average molecular weight is 285 g/mol. The summed E-state index contributed by atoms with van der Waals surface area (Å²) >= 11 is 0. The van der Waals surface area contributed by atoms with E-state index < -0.39 is 0 Å². The third kappa shape index (κ3) is 4.91. The number of nitrogens with zero attached hydrogens (tertiary/aromatic N) is 1. The van der Waals surface area contributed by atoms with Gasteiger partial charge in [0, 0.05) is 25.2 Å². The lowest BCUT2D eigenvalue weighted by atomic mass is 9.94. The highest BCUT2D eigenvalue weighted by Crippen LogP contribution is 2.31. The summed E-state index contributed by atoms with van der Waals surface area (Å²) in [6.45, 7) is 14.4. The number of aromatic hydroxyl groups is 1. The minimum Gasteiger partial charge on any atom is -0.507 e. The molecule has 0 aliphatic carbocycles. The summed E-state index contributed by atoms with van der Waals surface area (Å²) in [5.74, 6) is 0.376. The maximum atomic E-state index is 10.2. The van der Waals surface area contributed by atoms with Crippen molar-refractivity contribution >= 4 is 5.57 Å². The second-order valence-corrected chi connectivity index (χ2v) is 5.07. The van der Waals surface area contributed by atoms with Gasteiger partial charge in [-0.3, -0.25) is 4.90 Å². The van der Waals surface area contributed by atoms with Crippen LogP contribution in [0.1, 0.15) is 31.4 Å². The number of phenols is 1. The summed E-state index contributed by atoms with van der Waals surface area (Å²) in [5.41, 5.74) is 3.39. The molecule has 0 spiro atoms. The zero-order valence-electron chi connectivity index (χ0n) is 13.3. The van der Waals surface area contributed by atoms with Crippen molar-refractivity contribution in [2.24, 2.45) is 0 Å². The lowest BCUT2D eigenvalue weighted by Gasteiger charge is -2.21. The third-order valence-corrected chi connectivity index (χ3v) is 3.65. The largest absolute Gasteiger partial charge is 0.507 e. The molecule has 0 amide bonds. The Bertz CT molecular complexity index is 492. The van der Waals surface area contributed by atoms with Crippen LogP contribution in [0.15, 0.2) is 49.6 Å². The van der Waals surface area contributed by atoms with Crippen molar-refractivity contribution in [1.82, 2.24) is 4.90 Å². The number of aryl methyl sites for hydroxylation is 1. The van der Waals surface area contributed by atoms with Gasteiger partial charge in [-0.25, -0.2) is 0 Å². The van der Waals surface area contributed by atoms with Gasteiger partial charge in [0.25, 0.3) is 0 Å². The van der Waals surface area contributed by atoms with Gasteiger partial charge in [-0.15, -0.1) is 13.2 Å². The van der Waals surface area contributed by atoms with Crippen molar-refractivity contribution in [3.63, 3.8) is 0 Å². The highest BCUT2D eigenvalue weighted by molar-refractivity contribution is 5.73. The van der Waals surface area contributed by atoms with E-state index in [9.17, 15) is 5.11 Å². The Morgan fingerprint density at radius 3 is 2.43 bits per heavy atom. The van der Waals surface area contributed by atoms with Crippen LogP contribution in [0.4, 0.5) is 0 Å². The first-order valence-corrected chi connectivity index (χ1v) is 7.58. The molecular formula is C19H27NO. The molecule has 0 bridgehead atoms. The van der Waals surface area contributed by atoms with Crippen molar-refractivity contribution in [3.8, 4) is 5.75 Å². The minimum absolute atomic E-state index is 0.376. The molecule has 0 radical (unpaired) electrons. The molecule has 21 heavy (non-hydrogen) atoms. The van der Waals surface area contributed by atoms with Gasteiger partial charge in [0.1, 0.15) is 5.75 Å². The second-order valence-electron chi connectivity index (χ2n) is 5.07. The van der Waals surface area contributed by atoms with Gasteiger partial charge in [0.05, 0.1) is 0 Å². The highest BCUT2D eigenvalue weighted by Gasteiger charge is 2.12. The van der Waals surface area contributed by atoms with Crippen LogP contribution in [-0.4, -0.2) is 29.6 Å². The van der Waals surface area contributed by atoms with Gasteiger partial charge in [-0.05, 0) is 37.0 Å². The highest BCUT2D eigenvalue weighted by atomic mass is 16.3. The van der Waals surface area contributed by atoms with Crippen LogP contribution < -0.4 is 0 Å². The Balaban J connectivity index is 2.89. The Morgan fingerprint density at radius 2 is 1.90 bits per heavy atom. The first kappa shape index (κ1) is 17.3. The van der Waals surface area contributed by atoms with Crippen molar-refractivity contribution in [1.29, 1.82) is 0 Å². The Morgan fingerprint density at radius 1 is 1.24 bits per heavy atom. The number of benzene rings is 1. The minimum atomic E-state index is 0.376. The summed E-state index contributed by atoms with van der Waals surface area (Å²) in [7, 11) is 0. The lowest BCUT2D eigenvalue weighted by molar-refractivity contribution is 0.344. The molecule has 1 rings (SSSR count). The molecule has 2 heteroatoms. The van der Waals surface area contributed by atoms with Gasteiger partial charge in [0.15, 0.2) is 0 Å². The first-order chi connectivity index (χ1) is 10.2. The fraction of sp³-hybridized carbons (Fsp3) is 0.368. The molecule has 0 aliphatic heterocycles. The van der Waals surface area contributed by atoms with E-state index in [4.69, 9.17) is 0 Å². The molecule has 1 aromatic rings. The zero-order valence-corrected chi connectivity index (χ0v) is 13.3. The van der Waals surface area contributed by atoms with Crippen molar-refractivity contribution in [3.05, 3.63) is 60.7 Å². The van der Waals surface area contributed by atoms with Gasteiger partial charge in [-0.1, -0.05) is 37.3 Å². The third-order valence-electron chi connectivity index (χ3n) is 3.65. The first-order valence-electron chi connectivity index (χ1n) is 7.58. The van der Waals surface area contributed by atoms with Crippen LogP contribution in [0, 0.1) is 0 Å². The van der Waals surface area contributed by atoms with Crippen molar-refractivity contribution in [2.45, 2.75) is 26.7 Å².